The molecule has 0 aromatic heterocycles. The second-order valence-corrected chi connectivity index (χ2v) is 6.08. The van der Waals surface area contributed by atoms with Gasteiger partial charge in [-0.3, -0.25) is 45.2 Å². The Labute approximate surface area is 160 Å². The number of nitrogens with zero attached hydrogens (tertiary/aromatic N) is 1. The van der Waals surface area contributed by atoms with Gasteiger partial charge in [-0.15, -0.1) is 0 Å². The van der Waals surface area contributed by atoms with Gasteiger partial charge in [-0.05, 0) is 5.56 Å². The molecule has 8 amide bonds. The van der Waals surface area contributed by atoms with E-state index in [0.717, 1.165) is 0 Å². The number of imide groups is 4. The van der Waals surface area contributed by atoms with Crippen molar-refractivity contribution in [3.8, 4) is 0 Å². The molecule has 3 fully saturated rings. The van der Waals surface area contributed by atoms with Crippen LogP contribution in [-0.2, 0) is 35.2 Å². The minimum absolute atomic E-state index is 0.117. The van der Waals surface area contributed by atoms with E-state index >= 15 is 0 Å². The number of aliphatic imine (C=N–C) groups is 1. The van der Waals surface area contributed by atoms with Crippen molar-refractivity contribution in [3.63, 3.8) is 0 Å². The molecule has 0 saturated carbocycles. The van der Waals surface area contributed by atoms with Gasteiger partial charge >= 0.3 is 35.3 Å². The molecular weight excluding hydrogens is 390 g/mol. The maximum absolute atomic E-state index is 12.6. The predicted molar refractivity (Wildman–Crippen MR) is 88.6 cm³/mol. The van der Waals surface area contributed by atoms with Crippen LogP contribution >= 0.6 is 0 Å². The summed E-state index contributed by atoms with van der Waals surface area (Å²) in [6.07, 6.45) is 0. The van der Waals surface area contributed by atoms with Gasteiger partial charge in [-0.1, -0.05) is 30.3 Å². The fourth-order valence-corrected chi connectivity index (χ4v) is 2.87. The molecule has 29 heavy (non-hydrogen) atoms. The lowest BCUT2D eigenvalue weighted by atomic mass is 9.99. The minimum atomic E-state index is -2.88. The highest BCUT2D eigenvalue weighted by Gasteiger charge is 2.74. The van der Waals surface area contributed by atoms with Crippen LogP contribution in [0.3, 0.4) is 0 Å². The first-order valence-corrected chi connectivity index (χ1v) is 8.10. The monoisotopic (exact) mass is 401 g/mol. The lowest BCUT2D eigenvalue weighted by Gasteiger charge is -2.30. The van der Waals surface area contributed by atoms with Gasteiger partial charge in [0, 0.05) is 0 Å². The maximum atomic E-state index is 12.6. The fourth-order valence-electron chi connectivity index (χ4n) is 2.87. The Morgan fingerprint density at radius 1 is 0.759 bits per heavy atom. The van der Waals surface area contributed by atoms with Crippen LogP contribution in [0.5, 0.6) is 0 Å². The molecule has 0 unspecified atom stereocenters. The SMILES string of the molecule is O=C1NC(=O)C2(OC(=NCc3ccccc3)C3(O2)C(=O)NC(=O)NC3=O)C(=O)N1. The van der Waals surface area contributed by atoms with E-state index in [-0.39, 0.29) is 6.54 Å². The number of rotatable bonds is 2. The molecule has 148 valence electrons. The molecule has 3 saturated heterocycles. The van der Waals surface area contributed by atoms with Crippen LogP contribution in [0.25, 0.3) is 0 Å². The van der Waals surface area contributed by atoms with Crippen LogP contribution in [0.15, 0.2) is 35.3 Å². The van der Waals surface area contributed by atoms with Crippen molar-refractivity contribution in [1.82, 2.24) is 21.3 Å². The average molecular weight is 401 g/mol. The van der Waals surface area contributed by atoms with Gasteiger partial charge in [0.15, 0.2) is 0 Å². The Morgan fingerprint density at radius 2 is 1.28 bits per heavy atom. The minimum Gasteiger partial charge on any atom is -0.428 e. The third-order valence-corrected chi connectivity index (χ3v) is 4.23. The van der Waals surface area contributed by atoms with Gasteiger partial charge in [-0.25, -0.2) is 14.6 Å². The molecule has 0 bridgehead atoms. The van der Waals surface area contributed by atoms with Gasteiger partial charge in [-0.2, -0.15) is 0 Å². The normalized spacial score (nSPS) is 23.5. The summed E-state index contributed by atoms with van der Waals surface area (Å²) in [5.41, 5.74) is -2.10. The Bertz CT molecular complexity index is 977. The van der Waals surface area contributed by atoms with Crippen LogP contribution in [0.4, 0.5) is 9.59 Å². The Balaban J connectivity index is 1.80. The summed E-state index contributed by atoms with van der Waals surface area (Å²) >= 11 is 0. The molecule has 4 rings (SSSR count). The summed E-state index contributed by atoms with van der Waals surface area (Å²) in [7, 11) is 0. The topological polar surface area (TPSA) is 181 Å². The molecule has 0 atom stereocenters. The summed E-state index contributed by atoms with van der Waals surface area (Å²) in [6, 6.07) is 6.27. The van der Waals surface area contributed by atoms with Crippen LogP contribution in [0, 0.1) is 0 Å². The van der Waals surface area contributed by atoms with Crippen molar-refractivity contribution in [2.75, 3.05) is 0 Å². The summed E-state index contributed by atoms with van der Waals surface area (Å²) in [6.45, 7) is -0.117. The Kier molecular flexibility index (Phi) is 3.90. The van der Waals surface area contributed by atoms with Gasteiger partial charge < -0.3 is 4.74 Å². The molecule has 3 aliphatic heterocycles. The maximum Gasteiger partial charge on any atom is 0.376 e. The quantitative estimate of drug-likeness (QED) is 0.403. The van der Waals surface area contributed by atoms with E-state index < -0.39 is 53.0 Å². The molecule has 0 radical (unpaired) electrons. The number of amides is 8. The number of urea groups is 2. The number of ether oxygens (including phenoxy) is 2. The summed E-state index contributed by atoms with van der Waals surface area (Å²) in [5, 5.41) is 7.11. The van der Waals surface area contributed by atoms with Crippen molar-refractivity contribution in [2.24, 2.45) is 4.99 Å². The van der Waals surface area contributed by atoms with E-state index in [4.69, 9.17) is 9.47 Å². The van der Waals surface area contributed by atoms with Crippen LogP contribution < -0.4 is 21.3 Å². The summed E-state index contributed by atoms with van der Waals surface area (Å²) in [5.74, 6) is -8.97. The van der Waals surface area contributed by atoms with Gasteiger partial charge in [0.25, 0.3) is 11.8 Å². The van der Waals surface area contributed by atoms with Crippen molar-refractivity contribution in [3.05, 3.63) is 35.9 Å². The Hall–Kier alpha value is -4.13. The number of nitrogens with one attached hydrogen (secondary N) is 4. The summed E-state index contributed by atoms with van der Waals surface area (Å²) < 4.78 is 10.5. The second kappa shape index (κ2) is 6.20. The van der Waals surface area contributed by atoms with Gasteiger partial charge in [0.1, 0.15) is 0 Å². The van der Waals surface area contributed by atoms with Crippen molar-refractivity contribution < 1.29 is 38.2 Å². The van der Waals surface area contributed by atoms with Crippen molar-refractivity contribution >= 4 is 41.6 Å². The van der Waals surface area contributed by atoms with Crippen molar-refractivity contribution in [2.45, 2.75) is 17.9 Å². The molecule has 0 aliphatic carbocycles. The average Bonchev–Trinajstić information content (AvgIpc) is 3.02. The van der Waals surface area contributed by atoms with Gasteiger partial charge in [0.05, 0.1) is 6.54 Å². The third kappa shape index (κ3) is 2.63. The molecule has 1 aromatic rings. The van der Waals surface area contributed by atoms with E-state index in [9.17, 15) is 28.8 Å². The molecule has 2 spiro atoms. The highest BCUT2D eigenvalue weighted by atomic mass is 16.8. The first-order chi connectivity index (χ1) is 13.8. The van der Waals surface area contributed by atoms with E-state index in [2.05, 4.69) is 4.99 Å². The van der Waals surface area contributed by atoms with Crippen LogP contribution in [-0.4, -0.2) is 53.0 Å². The van der Waals surface area contributed by atoms with Gasteiger partial charge in [0.2, 0.25) is 5.90 Å². The predicted octanol–water partition coefficient (Wildman–Crippen LogP) is -2.20. The zero-order valence-corrected chi connectivity index (χ0v) is 14.3. The second-order valence-electron chi connectivity index (χ2n) is 6.08. The van der Waals surface area contributed by atoms with E-state index in [0.29, 0.717) is 5.56 Å². The zero-order chi connectivity index (χ0) is 20.8. The Morgan fingerprint density at radius 3 is 1.83 bits per heavy atom. The van der Waals surface area contributed by atoms with Crippen LogP contribution in [0.2, 0.25) is 0 Å². The smallest absolute Gasteiger partial charge is 0.376 e. The molecule has 13 heteroatoms. The summed E-state index contributed by atoms with van der Waals surface area (Å²) in [4.78, 5) is 76.6. The highest BCUT2D eigenvalue weighted by Crippen LogP contribution is 2.37. The molecule has 1 aromatic carbocycles. The molecule has 3 aliphatic rings. The van der Waals surface area contributed by atoms with E-state index in [1.807, 2.05) is 0 Å². The van der Waals surface area contributed by atoms with Crippen molar-refractivity contribution in [1.29, 1.82) is 0 Å². The third-order valence-electron chi connectivity index (χ3n) is 4.23. The first-order valence-electron chi connectivity index (χ1n) is 8.10. The molecule has 3 heterocycles. The molecule has 13 nitrogen and oxygen atoms in total. The van der Waals surface area contributed by atoms with E-state index in [1.54, 1.807) is 51.6 Å². The zero-order valence-electron chi connectivity index (χ0n) is 14.3. The standard InChI is InChI=1S/C16H11N5O8/c22-8-15(9(23)19-13(26)18-8)12(17-6-7-4-2-1-3-5-7)28-16(29-15)10(24)20-14(27)21-11(16)25/h1-5H,6H2,(H2,18,19,22,23,26)(H2,20,21,24,25,27). The lowest BCUT2D eigenvalue weighted by molar-refractivity contribution is -0.202. The number of carbonyl (C=O) groups excluding carboxylic acids is 6. The number of carbonyl (C=O) groups is 6. The van der Waals surface area contributed by atoms with Crippen LogP contribution in [0.1, 0.15) is 5.56 Å². The largest absolute Gasteiger partial charge is 0.428 e. The number of hydrogen-bond donors (Lipinski definition) is 4. The number of hydrogen-bond acceptors (Lipinski definition) is 9. The fraction of sp³-hybridized carbons (Fsp3) is 0.188. The number of benzene rings is 1. The molecule has 4 N–H and O–H groups in total. The molecular formula is C16H11N5O8. The van der Waals surface area contributed by atoms with E-state index in [1.165, 1.54) is 0 Å². The highest BCUT2D eigenvalue weighted by molar-refractivity contribution is 6.36. The first kappa shape index (κ1) is 18.2. The lowest BCUT2D eigenvalue weighted by Crippen LogP contribution is -2.72. The number of barbiturate groups is 2.